The minimum absolute atomic E-state index is 0.163. The summed E-state index contributed by atoms with van der Waals surface area (Å²) in [6, 6.07) is 3.40. The summed E-state index contributed by atoms with van der Waals surface area (Å²) >= 11 is 1.31. The van der Waals surface area contributed by atoms with Crippen molar-refractivity contribution in [3.05, 3.63) is 22.4 Å². The fourth-order valence-electron chi connectivity index (χ4n) is 0.541. The van der Waals surface area contributed by atoms with Gasteiger partial charge in [-0.2, -0.15) is 8.57 Å². The molecule has 0 aliphatic carbocycles. The monoisotopic (exact) mass is 197 g/mol. The second-order valence-electron chi connectivity index (χ2n) is 1.76. The van der Waals surface area contributed by atoms with Crippen molar-refractivity contribution < 1.29 is 12.0 Å². The summed E-state index contributed by atoms with van der Waals surface area (Å²) in [4.78, 5) is 0.688. The highest BCUT2D eigenvalue weighted by molar-refractivity contribution is 7.83. The van der Waals surface area contributed by atoms with Gasteiger partial charge in [-0.3, -0.25) is 0 Å². The molecule has 1 heterocycles. The van der Waals surface area contributed by atoms with Gasteiger partial charge in [0.2, 0.25) is 0 Å². The molecular weight excluding hydrogens is 192 g/mol. The van der Waals surface area contributed by atoms with Crippen molar-refractivity contribution in [2.45, 2.75) is 6.54 Å². The van der Waals surface area contributed by atoms with Crippen molar-refractivity contribution in [2.75, 3.05) is 0 Å². The smallest absolute Gasteiger partial charge is 0.180 e. The molecule has 0 aliphatic heterocycles. The molecule has 0 radical (unpaired) electrons. The van der Waals surface area contributed by atoms with Gasteiger partial charge in [0, 0.05) is 4.88 Å². The largest absolute Gasteiger partial charge is 0.367 e. The Labute approximate surface area is 67.6 Å². The Balaban J connectivity index is 2.67. The Hall–Kier alpha value is -0.490. The van der Waals surface area contributed by atoms with Crippen LogP contribution in [0.3, 0.4) is 0 Å². The van der Waals surface area contributed by atoms with E-state index < -0.39 is 10.5 Å². The van der Waals surface area contributed by atoms with E-state index in [9.17, 15) is 12.0 Å². The Kier molecular flexibility index (Phi) is 2.56. The van der Waals surface area contributed by atoms with Crippen LogP contribution in [0.2, 0.25) is 0 Å². The molecule has 1 aromatic heterocycles. The number of hydrogen-bond donors (Lipinski definition) is 0. The fourth-order valence-corrected chi connectivity index (χ4v) is 1.54. The molecule has 11 heavy (non-hydrogen) atoms. The van der Waals surface area contributed by atoms with E-state index in [1.165, 1.54) is 11.3 Å². The normalized spacial score (nSPS) is 11.5. The van der Waals surface area contributed by atoms with Crippen molar-refractivity contribution in [3.63, 3.8) is 0 Å². The molecule has 0 aromatic carbocycles. The van der Waals surface area contributed by atoms with E-state index in [1.54, 1.807) is 17.5 Å². The lowest BCUT2D eigenvalue weighted by Gasteiger charge is -1.86. The highest BCUT2D eigenvalue weighted by Gasteiger charge is 2.00. The lowest BCUT2D eigenvalue weighted by Crippen LogP contribution is -1.79. The van der Waals surface area contributed by atoms with Crippen molar-refractivity contribution >= 4 is 21.8 Å². The molecule has 6 heteroatoms. The van der Waals surface area contributed by atoms with E-state index in [0.29, 0.717) is 4.88 Å². The molecule has 0 saturated heterocycles. The molecule has 0 aliphatic rings. The van der Waals surface area contributed by atoms with Crippen molar-refractivity contribution in [2.24, 2.45) is 4.36 Å². The third kappa shape index (κ3) is 3.43. The molecule has 1 aromatic rings. The van der Waals surface area contributed by atoms with E-state index in [-0.39, 0.29) is 6.54 Å². The van der Waals surface area contributed by atoms with E-state index in [0.717, 1.165) is 0 Å². The van der Waals surface area contributed by atoms with Gasteiger partial charge in [0.05, 0.1) is 6.54 Å². The summed E-state index contributed by atoms with van der Waals surface area (Å²) < 4.78 is 35.9. The Morgan fingerprint density at radius 3 is 2.82 bits per heavy atom. The number of halogens is 2. The second kappa shape index (κ2) is 3.27. The third-order valence-corrected chi connectivity index (χ3v) is 2.24. The van der Waals surface area contributed by atoms with Gasteiger partial charge in [-0.15, -0.1) is 11.3 Å². The SMILES string of the molecule is O=S(F)(F)=NCc1cccs1. The first-order valence-corrected chi connectivity index (χ1v) is 4.92. The number of rotatable bonds is 2. The zero-order valence-electron chi connectivity index (χ0n) is 5.37. The van der Waals surface area contributed by atoms with Crippen LogP contribution in [0, 0.1) is 0 Å². The van der Waals surface area contributed by atoms with Gasteiger partial charge in [0.1, 0.15) is 0 Å². The molecule has 0 N–H and O–H groups in total. The molecule has 1 rings (SSSR count). The molecule has 62 valence electrons. The van der Waals surface area contributed by atoms with E-state index in [1.807, 2.05) is 0 Å². The average Bonchev–Trinajstić information content (AvgIpc) is 2.32. The van der Waals surface area contributed by atoms with Crippen LogP contribution in [-0.4, -0.2) is 4.21 Å². The number of nitrogens with zero attached hydrogens (tertiary/aromatic N) is 1. The van der Waals surface area contributed by atoms with E-state index >= 15 is 0 Å². The minimum atomic E-state index is -4.92. The second-order valence-corrected chi connectivity index (χ2v) is 3.85. The summed E-state index contributed by atoms with van der Waals surface area (Å²) in [6.07, 6.45) is 0. The predicted molar refractivity (Wildman–Crippen MR) is 40.8 cm³/mol. The highest BCUT2D eigenvalue weighted by atomic mass is 32.3. The molecule has 0 atom stereocenters. The highest BCUT2D eigenvalue weighted by Crippen LogP contribution is 2.11. The first kappa shape index (κ1) is 8.61. The molecule has 0 spiro atoms. The third-order valence-electron chi connectivity index (χ3n) is 0.951. The molecule has 0 bridgehead atoms. The van der Waals surface area contributed by atoms with Crippen LogP contribution in [0.5, 0.6) is 0 Å². The van der Waals surface area contributed by atoms with Crippen LogP contribution in [-0.2, 0) is 17.0 Å². The van der Waals surface area contributed by atoms with Gasteiger partial charge in [0.25, 0.3) is 0 Å². The number of hydrogen-bond acceptors (Lipinski definition) is 3. The number of thiophene rings is 1. The summed E-state index contributed by atoms with van der Waals surface area (Å²) in [5, 5.41) is 1.75. The average molecular weight is 197 g/mol. The lowest BCUT2D eigenvalue weighted by molar-refractivity contribution is 0.584. The molecule has 2 nitrogen and oxygen atoms in total. The molecule has 0 fully saturated rings. The van der Waals surface area contributed by atoms with Crippen molar-refractivity contribution in [1.82, 2.24) is 0 Å². The Morgan fingerprint density at radius 2 is 2.36 bits per heavy atom. The fraction of sp³-hybridized carbons (Fsp3) is 0.200. The Bertz CT molecular complexity index is 318. The molecule has 0 saturated carbocycles. The van der Waals surface area contributed by atoms with Crippen LogP contribution < -0.4 is 0 Å². The van der Waals surface area contributed by atoms with Gasteiger partial charge in [0.15, 0.2) is 0 Å². The zero-order chi connectivity index (χ0) is 8.32. The minimum Gasteiger partial charge on any atom is -0.180 e. The van der Waals surface area contributed by atoms with Gasteiger partial charge < -0.3 is 0 Å². The summed E-state index contributed by atoms with van der Waals surface area (Å²) in [5.74, 6) is 0. The lowest BCUT2D eigenvalue weighted by atomic mass is 10.5. The summed E-state index contributed by atoms with van der Waals surface area (Å²) in [7, 11) is -4.92. The van der Waals surface area contributed by atoms with Crippen LogP contribution in [0.15, 0.2) is 21.9 Å². The quantitative estimate of drug-likeness (QED) is 0.670. The van der Waals surface area contributed by atoms with E-state index in [4.69, 9.17) is 0 Å². The zero-order valence-corrected chi connectivity index (χ0v) is 7.00. The van der Waals surface area contributed by atoms with Crippen LogP contribution in [0.4, 0.5) is 7.77 Å². The van der Waals surface area contributed by atoms with Gasteiger partial charge in [-0.1, -0.05) is 13.8 Å². The Morgan fingerprint density at radius 1 is 1.64 bits per heavy atom. The van der Waals surface area contributed by atoms with E-state index in [2.05, 4.69) is 4.36 Å². The predicted octanol–water partition coefficient (Wildman–Crippen LogP) is 2.49. The summed E-state index contributed by atoms with van der Waals surface area (Å²) in [5.41, 5.74) is 0. The van der Waals surface area contributed by atoms with Gasteiger partial charge in [-0.05, 0) is 11.4 Å². The van der Waals surface area contributed by atoms with Crippen molar-refractivity contribution in [1.29, 1.82) is 0 Å². The molecule has 0 amide bonds. The maximum Gasteiger partial charge on any atom is 0.367 e. The summed E-state index contributed by atoms with van der Waals surface area (Å²) in [6.45, 7) is -0.163. The maximum absolute atomic E-state index is 11.7. The van der Waals surface area contributed by atoms with Gasteiger partial charge in [-0.25, -0.2) is 0 Å². The first-order valence-electron chi connectivity index (χ1n) is 2.72. The standard InChI is InChI=1S/C5H5F2NOS2/c6-11(7,9)8-4-5-2-1-3-10-5/h1-3H,4H2. The molecular formula is C5H5F2NOS2. The van der Waals surface area contributed by atoms with Crippen LogP contribution >= 0.6 is 11.3 Å². The van der Waals surface area contributed by atoms with Crippen LogP contribution in [0.1, 0.15) is 4.88 Å². The van der Waals surface area contributed by atoms with Gasteiger partial charge >= 0.3 is 10.5 Å². The van der Waals surface area contributed by atoms with Crippen molar-refractivity contribution in [3.8, 4) is 0 Å². The maximum atomic E-state index is 11.7. The topological polar surface area (TPSA) is 29.4 Å². The first-order chi connectivity index (χ1) is 5.08. The van der Waals surface area contributed by atoms with Crippen LogP contribution in [0.25, 0.3) is 0 Å². The molecule has 0 unspecified atom stereocenters.